The highest BCUT2D eigenvalue weighted by Crippen LogP contribution is 2.27. The Kier molecular flexibility index (Phi) is 5.10. The van der Waals surface area contributed by atoms with Gasteiger partial charge in [0.2, 0.25) is 0 Å². The quantitative estimate of drug-likeness (QED) is 0.885. The number of benzene rings is 2. The maximum Gasteiger partial charge on any atom is 0.265 e. The van der Waals surface area contributed by atoms with Crippen LogP contribution in [0.25, 0.3) is 0 Å². The molecule has 1 atom stereocenters. The average molecular weight is 324 g/mol. The third kappa shape index (κ3) is 4.38. The molecule has 0 heterocycles. The Morgan fingerprint density at radius 2 is 1.90 bits per heavy atom. The van der Waals surface area contributed by atoms with Crippen molar-refractivity contribution in [3.8, 4) is 5.75 Å². The first kappa shape index (κ1) is 15.7. The van der Waals surface area contributed by atoms with Gasteiger partial charge in [-0.1, -0.05) is 35.3 Å². The van der Waals surface area contributed by atoms with Crippen molar-refractivity contribution in [1.82, 2.24) is 0 Å². The fourth-order valence-corrected chi connectivity index (χ4v) is 2.06. The van der Waals surface area contributed by atoms with Crippen LogP contribution in [-0.2, 0) is 4.79 Å². The molecule has 0 fully saturated rings. The van der Waals surface area contributed by atoms with Crippen LogP contribution in [0.15, 0.2) is 42.5 Å². The van der Waals surface area contributed by atoms with Crippen LogP contribution in [-0.4, -0.2) is 12.0 Å². The van der Waals surface area contributed by atoms with E-state index in [1.807, 2.05) is 31.2 Å². The lowest BCUT2D eigenvalue weighted by Gasteiger charge is -2.15. The highest BCUT2D eigenvalue weighted by atomic mass is 35.5. The second-order valence-electron chi connectivity index (χ2n) is 4.69. The molecule has 0 aliphatic rings. The summed E-state index contributed by atoms with van der Waals surface area (Å²) in [5, 5.41) is 3.64. The van der Waals surface area contributed by atoms with Crippen molar-refractivity contribution >= 4 is 34.8 Å². The molecule has 3 nitrogen and oxygen atoms in total. The summed E-state index contributed by atoms with van der Waals surface area (Å²) in [6.07, 6.45) is -0.650. The smallest absolute Gasteiger partial charge is 0.265 e. The lowest BCUT2D eigenvalue weighted by Crippen LogP contribution is -2.30. The van der Waals surface area contributed by atoms with Gasteiger partial charge < -0.3 is 10.1 Å². The van der Waals surface area contributed by atoms with Gasteiger partial charge in [-0.2, -0.15) is 0 Å². The first-order valence-corrected chi connectivity index (χ1v) is 7.20. The van der Waals surface area contributed by atoms with E-state index in [9.17, 15) is 4.79 Å². The molecule has 0 aromatic heterocycles. The van der Waals surface area contributed by atoms with Gasteiger partial charge in [-0.05, 0) is 43.7 Å². The summed E-state index contributed by atoms with van der Waals surface area (Å²) in [7, 11) is 0. The molecule has 2 rings (SSSR count). The molecule has 0 unspecified atom stereocenters. The lowest BCUT2D eigenvalue weighted by atomic mass is 10.2. The summed E-state index contributed by atoms with van der Waals surface area (Å²) < 4.78 is 5.56. The number of nitrogens with one attached hydrogen (secondary N) is 1. The summed E-state index contributed by atoms with van der Waals surface area (Å²) >= 11 is 11.7. The first-order chi connectivity index (χ1) is 9.95. The highest BCUT2D eigenvalue weighted by molar-refractivity contribution is 6.42. The van der Waals surface area contributed by atoms with E-state index >= 15 is 0 Å². The minimum absolute atomic E-state index is 0.230. The molecule has 21 heavy (non-hydrogen) atoms. The first-order valence-electron chi connectivity index (χ1n) is 6.45. The number of amides is 1. The molecule has 1 amide bonds. The standard InChI is InChI=1S/C16H15Cl2NO2/c1-10-4-3-5-12(8-10)19-16(20)11(2)21-13-6-7-14(17)15(18)9-13/h3-9,11H,1-2H3,(H,19,20)/t11-/m1/s1. The van der Waals surface area contributed by atoms with Crippen molar-refractivity contribution in [3.05, 3.63) is 58.1 Å². The normalized spacial score (nSPS) is 11.8. The van der Waals surface area contributed by atoms with Gasteiger partial charge in [-0.25, -0.2) is 0 Å². The number of aryl methyl sites for hydroxylation is 1. The maximum atomic E-state index is 12.1. The van der Waals surface area contributed by atoms with E-state index in [2.05, 4.69) is 5.32 Å². The molecule has 0 bridgehead atoms. The fraction of sp³-hybridized carbons (Fsp3) is 0.188. The van der Waals surface area contributed by atoms with Crippen molar-refractivity contribution in [2.24, 2.45) is 0 Å². The zero-order chi connectivity index (χ0) is 15.4. The predicted octanol–water partition coefficient (Wildman–Crippen LogP) is 4.71. The van der Waals surface area contributed by atoms with Crippen molar-refractivity contribution in [3.63, 3.8) is 0 Å². The second kappa shape index (κ2) is 6.83. The van der Waals surface area contributed by atoms with Crippen molar-refractivity contribution in [2.45, 2.75) is 20.0 Å². The van der Waals surface area contributed by atoms with Crippen LogP contribution >= 0.6 is 23.2 Å². The van der Waals surface area contributed by atoms with E-state index in [0.29, 0.717) is 15.8 Å². The predicted molar refractivity (Wildman–Crippen MR) is 86.4 cm³/mol. The van der Waals surface area contributed by atoms with Crippen LogP contribution in [0.3, 0.4) is 0 Å². The van der Waals surface area contributed by atoms with Gasteiger partial charge in [0.05, 0.1) is 10.0 Å². The number of carbonyl (C=O) groups excluding carboxylic acids is 1. The zero-order valence-electron chi connectivity index (χ0n) is 11.7. The largest absolute Gasteiger partial charge is 0.481 e. The van der Waals surface area contributed by atoms with E-state index in [1.54, 1.807) is 25.1 Å². The summed E-state index contributed by atoms with van der Waals surface area (Å²) in [5.41, 5.74) is 1.82. The zero-order valence-corrected chi connectivity index (χ0v) is 13.2. The van der Waals surface area contributed by atoms with E-state index in [0.717, 1.165) is 11.3 Å². The maximum absolute atomic E-state index is 12.1. The van der Waals surface area contributed by atoms with Gasteiger partial charge in [-0.3, -0.25) is 4.79 Å². The Bertz CT molecular complexity index is 658. The summed E-state index contributed by atoms with van der Waals surface area (Å²) in [5.74, 6) is 0.267. The van der Waals surface area contributed by atoms with E-state index in [4.69, 9.17) is 27.9 Å². The number of carbonyl (C=O) groups is 1. The molecule has 0 aliphatic carbocycles. The molecule has 1 N–H and O–H groups in total. The van der Waals surface area contributed by atoms with Crippen molar-refractivity contribution in [1.29, 1.82) is 0 Å². The van der Waals surface area contributed by atoms with Gasteiger partial charge >= 0.3 is 0 Å². The topological polar surface area (TPSA) is 38.3 Å². The van der Waals surface area contributed by atoms with Crippen LogP contribution < -0.4 is 10.1 Å². The Morgan fingerprint density at radius 3 is 2.57 bits per heavy atom. The minimum atomic E-state index is -0.650. The van der Waals surface area contributed by atoms with Gasteiger partial charge in [0.25, 0.3) is 5.91 Å². The molecule has 0 saturated carbocycles. The third-order valence-electron chi connectivity index (χ3n) is 2.86. The Balaban J connectivity index is 2.00. The number of ether oxygens (including phenoxy) is 1. The van der Waals surface area contributed by atoms with E-state index in [1.165, 1.54) is 0 Å². The number of hydrogen-bond donors (Lipinski definition) is 1. The molecule has 110 valence electrons. The van der Waals surface area contributed by atoms with Crippen molar-refractivity contribution < 1.29 is 9.53 Å². The number of halogens is 2. The van der Waals surface area contributed by atoms with Gasteiger partial charge in [-0.15, -0.1) is 0 Å². The Hall–Kier alpha value is -1.71. The molecule has 0 spiro atoms. The van der Waals surface area contributed by atoms with E-state index < -0.39 is 6.10 Å². The molecule has 2 aromatic carbocycles. The van der Waals surface area contributed by atoms with Gasteiger partial charge in [0, 0.05) is 11.8 Å². The van der Waals surface area contributed by atoms with Crippen molar-refractivity contribution in [2.75, 3.05) is 5.32 Å². The van der Waals surface area contributed by atoms with Crippen LogP contribution in [0, 0.1) is 6.92 Å². The average Bonchev–Trinajstić information content (AvgIpc) is 2.43. The monoisotopic (exact) mass is 323 g/mol. The summed E-state index contributed by atoms with van der Waals surface area (Å²) in [6.45, 7) is 3.64. The molecular weight excluding hydrogens is 309 g/mol. The molecular formula is C16H15Cl2NO2. The SMILES string of the molecule is Cc1cccc(NC(=O)[C@@H](C)Oc2ccc(Cl)c(Cl)c2)c1. The summed E-state index contributed by atoms with van der Waals surface area (Å²) in [6, 6.07) is 12.5. The van der Waals surface area contributed by atoms with Crippen LogP contribution in [0.1, 0.15) is 12.5 Å². The van der Waals surface area contributed by atoms with Gasteiger partial charge in [0.15, 0.2) is 6.10 Å². The van der Waals surface area contributed by atoms with Crippen LogP contribution in [0.5, 0.6) is 5.75 Å². The minimum Gasteiger partial charge on any atom is -0.481 e. The fourth-order valence-electron chi connectivity index (χ4n) is 1.77. The van der Waals surface area contributed by atoms with Gasteiger partial charge in [0.1, 0.15) is 5.75 Å². The number of rotatable bonds is 4. The Labute approximate surface area is 133 Å². The molecule has 0 aliphatic heterocycles. The number of anilines is 1. The Morgan fingerprint density at radius 1 is 1.14 bits per heavy atom. The molecule has 0 saturated heterocycles. The van der Waals surface area contributed by atoms with Crippen LogP contribution in [0.4, 0.5) is 5.69 Å². The number of hydrogen-bond acceptors (Lipinski definition) is 2. The third-order valence-corrected chi connectivity index (χ3v) is 3.60. The summed E-state index contributed by atoms with van der Waals surface area (Å²) in [4.78, 5) is 12.1. The van der Waals surface area contributed by atoms with Crippen LogP contribution in [0.2, 0.25) is 10.0 Å². The second-order valence-corrected chi connectivity index (χ2v) is 5.51. The molecule has 0 radical (unpaired) electrons. The van der Waals surface area contributed by atoms with E-state index in [-0.39, 0.29) is 5.91 Å². The lowest BCUT2D eigenvalue weighted by molar-refractivity contribution is -0.122. The molecule has 2 aromatic rings. The molecule has 5 heteroatoms. The highest BCUT2D eigenvalue weighted by Gasteiger charge is 2.15.